The molecule has 4 heteroatoms. The lowest BCUT2D eigenvalue weighted by atomic mass is 9.95. The monoisotopic (exact) mass is 268 g/mol. The number of esters is 2. The van der Waals surface area contributed by atoms with E-state index in [9.17, 15) is 9.59 Å². The summed E-state index contributed by atoms with van der Waals surface area (Å²) in [5, 5.41) is 0. The molecule has 0 bridgehead atoms. The summed E-state index contributed by atoms with van der Waals surface area (Å²) >= 11 is 0. The number of hydrogen-bond acceptors (Lipinski definition) is 4. The van der Waals surface area contributed by atoms with E-state index in [1.807, 2.05) is 12.1 Å². The van der Waals surface area contributed by atoms with E-state index in [1.54, 1.807) is 36.4 Å². The molecule has 0 radical (unpaired) electrons. The number of carbonyl (C=O) groups is 2. The molecule has 0 spiro atoms. The van der Waals surface area contributed by atoms with Crippen LogP contribution in [0.4, 0.5) is 0 Å². The molecule has 3 rings (SSSR count). The standard InChI is InChI=1S/C16H12O4/c1-19-15(17)12-8-4-2-6-10(12)14-11-7-3-5-9-13(11)16(18)20-14/h2-9,14H,1H3/t14-/m1/s1. The Morgan fingerprint density at radius 2 is 1.70 bits per heavy atom. The fourth-order valence-corrected chi connectivity index (χ4v) is 2.40. The van der Waals surface area contributed by atoms with Crippen LogP contribution in [0.1, 0.15) is 37.9 Å². The molecule has 0 fully saturated rings. The lowest BCUT2D eigenvalue weighted by molar-refractivity contribution is 0.0443. The summed E-state index contributed by atoms with van der Waals surface area (Å²) in [5.41, 5.74) is 2.35. The zero-order chi connectivity index (χ0) is 14.1. The first-order chi connectivity index (χ1) is 9.72. The normalized spacial score (nSPS) is 16.4. The fourth-order valence-electron chi connectivity index (χ4n) is 2.40. The van der Waals surface area contributed by atoms with Gasteiger partial charge in [-0.2, -0.15) is 0 Å². The van der Waals surface area contributed by atoms with Gasteiger partial charge in [0.15, 0.2) is 6.10 Å². The summed E-state index contributed by atoms with van der Waals surface area (Å²) in [5.74, 6) is -0.814. The molecular formula is C16H12O4. The minimum Gasteiger partial charge on any atom is -0.465 e. The molecule has 0 saturated heterocycles. The second kappa shape index (κ2) is 4.81. The van der Waals surface area contributed by atoms with Gasteiger partial charge in [0.2, 0.25) is 0 Å². The first-order valence-corrected chi connectivity index (χ1v) is 6.19. The molecule has 2 aromatic rings. The molecule has 0 unspecified atom stereocenters. The fraction of sp³-hybridized carbons (Fsp3) is 0.125. The number of cyclic esters (lactones) is 1. The third kappa shape index (κ3) is 1.86. The van der Waals surface area contributed by atoms with Gasteiger partial charge in [0.05, 0.1) is 18.2 Å². The first kappa shape index (κ1) is 12.4. The number of rotatable bonds is 2. The van der Waals surface area contributed by atoms with Crippen LogP contribution in [-0.4, -0.2) is 19.0 Å². The molecule has 100 valence electrons. The second-order valence-electron chi connectivity index (χ2n) is 4.45. The van der Waals surface area contributed by atoms with Gasteiger partial charge < -0.3 is 9.47 Å². The largest absolute Gasteiger partial charge is 0.465 e. The SMILES string of the molecule is COC(=O)c1ccccc1[C@H]1OC(=O)c2ccccc21. The smallest absolute Gasteiger partial charge is 0.339 e. The number of ether oxygens (including phenoxy) is 2. The van der Waals surface area contributed by atoms with Gasteiger partial charge >= 0.3 is 11.9 Å². The van der Waals surface area contributed by atoms with Crippen molar-refractivity contribution in [3.8, 4) is 0 Å². The van der Waals surface area contributed by atoms with Gasteiger partial charge in [0.25, 0.3) is 0 Å². The van der Waals surface area contributed by atoms with Crippen molar-refractivity contribution in [3.63, 3.8) is 0 Å². The highest BCUT2D eigenvalue weighted by Gasteiger charge is 2.34. The molecule has 0 amide bonds. The summed E-state index contributed by atoms with van der Waals surface area (Å²) < 4.78 is 10.2. The Hall–Kier alpha value is -2.62. The molecular weight excluding hydrogens is 256 g/mol. The van der Waals surface area contributed by atoms with Gasteiger partial charge in [-0.15, -0.1) is 0 Å². The van der Waals surface area contributed by atoms with Gasteiger partial charge in [-0.3, -0.25) is 0 Å². The predicted molar refractivity (Wildman–Crippen MR) is 71.5 cm³/mol. The van der Waals surface area contributed by atoms with E-state index < -0.39 is 12.1 Å². The number of benzene rings is 2. The van der Waals surface area contributed by atoms with Crippen molar-refractivity contribution >= 4 is 11.9 Å². The molecule has 1 aliphatic heterocycles. The van der Waals surface area contributed by atoms with Crippen molar-refractivity contribution in [3.05, 3.63) is 70.8 Å². The van der Waals surface area contributed by atoms with Crippen molar-refractivity contribution in [1.82, 2.24) is 0 Å². The maximum Gasteiger partial charge on any atom is 0.339 e. The zero-order valence-corrected chi connectivity index (χ0v) is 10.8. The highest BCUT2D eigenvalue weighted by Crippen LogP contribution is 2.37. The molecule has 1 aliphatic rings. The van der Waals surface area contributed by atoms with Crippen molar-refractivity contribution in [2.75, 3.05) is 7.11 Å². The molecule has 4 nitrogen and oxygen atoms in total. The number of hydrogen-bond donors (Lipinski definition) is 0. The topological polar surface area (TPSA) is 52.6 Å². The van der Waals surface area contributed by atoms with E-state index in [0.29, 0.717) is 16.7 Å². The number of carbonyl (C=O) groups excluding carboxylic acids is 2. The molecule has 0 saturated carbocycles. The van der Waals surface area contributed by atoms with Crippen LogP contribution < -0.4 is 0 Å². The summed E-state index contributed by atoms with van der Waals surface area (Å²) in [6.07, 6.45) is -0.561. The van der Waals surface area contributed by atoms with Gasteiger partial charge in [-0.25, -0.2) is 9.59 Å². The van der Waals surface area contributed by atoms with Gasteiger partial charge in [-0.05, 0) is 12.1 Å². The number of fused-ring (bicyclic) bond motifs is 1. The average Bonchev–Trinajstić information content (AvgIpc) is 2.84. The third-order valence-corrected chi connectivity index (χ3v) is 3.34. The van der Waals surface area contributed by atoms with Crippen LogP contribution in [0.25, 0.3) is 0 Å². The third-order valence-electron chi connectivity index (χ3n) is 3.34. The lowest BCUT2D eigenvalue weighted by Crippen LogP contribution is -2.10. The summed E-state index contributed by atoms with van der Waals surface area (Å²) in [6.45, 7) is 0. The van der Waals surface area contributed by atoms with Gasteiger partial charge in [0.1, 0.15) is 0 Å². The Kier molecular flexibility index (Phi) is 2.99. The maximum atomic E-state index is 11.9. The molecule has 0 aromatic heterocycles. The number of methoxy groups -OCH3 is 1. The molecule has 2 aromatic carbocycles. The molecule has 1 atom stereocenters. The first-order valence-electron chi connectivity index (χ1n) is 6.19. The van der Waals surface area contributed by atoms with E-state index in [4.69, 9.17) is 9.47 Å². The maximum absolute atomic E-state index is 11.9. The Bertz CT molecular complexity index is 690. The van der Waals surface area contributed by atoms with Crippen LogP contribution in [0, 0.1) is 0 Å². The van der Waals surface area contributed by atoms with Crippen molar-refractivity contribution in [1.29, 1.82) is 0 Å². The Morgan fingerprint density at radius 3 is 2.45 bits per heavy atom. The Balaban J connectivity index is 2.12. The van der Waals surface area contributed by atoms with Crippen molar-refractivity contribution in [2.24, 2.45) is 0 Å². The van der Waals surface area contributed by atoms with Crippen LogP contribution in [-0.2, 0) is 9.47 Å². The minimum atomic E-state index is -0.561. The van der Waals surface area contributed by atoms with E-state index in [-0.39, 0.29) is 5.97 Å². The quantitative estimate of drug-likeness (QED) is 0.786. The second-order valence-corrected chi connectivity index (χ2v) is 4.45. The summed E-state index contributed by atoms with van der Waals surface area (Å²) in [6, 6.07) is 14.2. The summed E-state index contributed by atoms with van der Waals surface area (Å²) in [4.78, 5) is 23.7. The summed E-state index contributed by atoms with van der Waals surface area (Å²) in [7, 11) is 1.33. The van der Waals surface area contributed by atoms with Crippen LogP contribution >= 0.6 is 0 Å². The lowest BCUT2D eigenvalue weighted by Gasteiger charge is -2.14. The molecule has 20 heavy (non-hydrogen) atoms. The van der Waals surface area contributed by atoms with E-state index in [1.165, 1.54) is 7.11 Å². The molecule has 0 aliphatic carbocycles. The van der Waals surface area contributed by atoms with Crippen LogP contribution in [0.15, 0.2) is 48.5 Å². The van der Waals surface area contributed by atoms with Crippen LogP contribution in [0.5, 0.6) is 0 Å². The van der Waals surface area contributed by atoms with Gasteiger partial charge in [-0.1, -0.05) is 36.4 Å². The van der Waals surface area contributed by atoms with Crippen LogP contribution in [0.3, 0.4) is 0 Å². The molecule has 1 heterocycles. The average molecular weight is 268 g/mol. The van der Waals surface area contributed by atoms with E-state index in [0.717, 1.165) is 5.56 Å². The Morgan fingerprint density at radius 1 is 1.05 bits per heavy atom. The van der Waals surface area contributed by atoms with Crippen molar-refractivity contribution in [2.45, 2.75) is 6.10 Å². The minimum absolute atomic E-state index is 0.370. The highest BCUT2D eigenvalue weighted by atomic mass is 16.5. The van der Waals surface area contributed by atoms with Gasteiger partial charge in [0, 0.05) is 11.1 Å². The molecule has 0 N–H and O–H groups in total. The van der Waals surface area contributed by atoms with E-state index in [2.05, 4.69) is 0 Å². The zero-order valence-electron chi connectivity index (χ0n) is 10.8. The van der Waals surface area contributed by atoms with E-state index >= 15 is 0 Å². The highest BCUT2D eigenvalue weighted by molar-refractivity contribution is 5.96. The van der Waals surface area contributed by atoms with Crippen molar-refractivity contribution < 1.29 is 19.1 Å². The predicted octanol–water partition coefficient (Wildman–Crippen LogP) is 2.73. The van der Waals surface area contributed by atoms with Crippen LogP contribution in [0.2, 0.25) is 0 Å². The Labute approximate surface area is 115 Å².